The van der Waals surface area contributed by atoms with Crippen LogP contribution < -0.4 is 4.04 Å². The Bertz CT molecular complexity index is 364. The maximum absolute atomic E-state index is 4.45. The van der Waals surface area contributed by atoms with E-state index in [1.165, 1.54) is 0 Å². The predicted molar refractivity (Wildman–Crippen MR) is 50.6 cm³/mol. The van der Waals surface area contributed by atoms with Crippen LogP contribution in [0.5, 0.6) is 0 Å². The predicted octanol–water partition coefficient (Wildman–Crippen LogP) is 1.70. The molecule has 0 saturated carbocycles. The number of para-hydroxylation sites is 2. The molecule has 0 bridgehead atoms. The molecule has 0 aliphatic heterocycles. The molecule has 1 aromatic carbocycles. The van der Waals surface area contributed by atoms with Gasteiger partial charge in [-0.2, -0.15) is 0 Å². The Hall–Kier alpha value is -0.220. The quantitative estimate of drug-likeness (QED) is 0.587. The van der Waals surface area contributed by atoms with Crippen molar-refractivity contribution in [1.82, 2.24) is 9.97 Å². The average molecular weight is 362 g/mol. The SMILES string of the molecule is [CH3][Au]([SH])[c]1nc2ccccc2[nH]1. The number of imidazole rings is 1. The normalized spacial score (nSPS) is 12.0. The van der Waals surface area contributed by atoms with Crippen molar-refractivity contribution in [2.75, 3.05) is 0 Å². The first-order chi connectivity index (χ1) is 5.77. The summed E-state index contributed by atoms with van der Waals surface area (Å²) < 4.78 is 1.08. The molecule has 0 radical (unpaired) electrons. The first-order valence-electron chi connectivity index (χ1n) is 3.36. The standard InChI is InChI=1S/C7H5N2.CH3.Au.H2S/c1-2-4-7-6(3-1)8-5-9-7;;;/h1-4H,(H,8,9);1H3;;1H2/q;;+1;/p-1. The molecular weight excluding hydrogens is 353 g/mol. The molecule has 0 aliphatic rings. The van der Waals surface area contributed by atoms with Gasteiger partial charge in [0.1, 0.15) is 0 Å². The van der Waals surface area contributed by atoms with E-state index in [-0.39, 0.29) is 0 Å². The number of H-pyrrole nitrogens is 1. The number of hydrogen-bond acceptors (Lipinski definition) is 2. The number of aromatic amines is 1. The second-order valence-corrected chi connectivity index (χ2v) is 9.24. The van der Waals surface area contributed by atoms with Crippen molar-refractivity contribution in [2.45, 2.75) is 5.14 Å². The zero-order valence-electron chi connectivity index (χ0n) is 6.51. The van der Waals surface area contributed by atoms with E-state index >= 15 is 0 Å². The number of nitrogens with zero attached hydrogens (tertiary/aromatic N) is 1. The number of thiol groups is 1. The summed E-state index contributed by atoms with van der Waals surface area (Å²) in [5, 5.41) is 2.15. The van der Waals surface area contributed by atoms with Crippen LogP contribution in [0.15, 0.2) is 24.3 Å². The Labute approximate surface area is 81.5 Å². The third kappa shape index (κ3) is 1.45. The topological polar surface area (TPSA) is 28.7 Å². The van der Waals surface area contributed by atoms with Gasteiger partial charge in [-0.05, 0) is 0 Å². The minimum absolute atomic E-state index is 1.04. The van der Waals surface area contributed by atoms with Crippen molar-refractivity contribution in [2.24, 2.45) is 0 Å². The van der Waals surface area contributed by atoms with Gasteiger partial charge in [-0.3, -0.25) is 0 Å². The molecule has 68 valence electrons. The van der Waals surface area contributed by atoms with E-state index in [0.29, 0.717) is 0 Å². The van der Waals surface area contributed by atoms with Crippen LogP contribution in [0.1, 0.15) is 0 Å². The fourth-order valence-corrected chi connectivity index (χ4v) is 2.82. The molecule has 1 aromatic heterocycles. The molecule has 2 nitrogen and oxygen atoms in total. The molecule has 0 spiro atoms. The number of fused-ring (bicyclic) bond motifs is 1. The van der Waals surface area contributed by atoms with Gasteiger partial charge in [-0.1, -0.05) is 0 Å². The Kier molecular flexibility index (Phi) is 2.28. The number of hydrogen-bond donors (Lipinski definition) is 2. The van der Waals surface area contributed by atoms with Crippen LogP contribution in [0.2, 0.25) is 5.14 Å². The monoisotopic (exact) mass is 362 g/mol. The van der Waals surface area contributed by atoms with Crippen molar-refractivity contribution < 1.29 is 17.1 Å². The number of aromatic nitrogens is 2. The van der Waals surface area contributed by atoms with Crippen molar-refractivity contribution in [3.63, 3.8) is 0 Å². The van der Waals surface area contributed by atoms with Gasteiger partial charge in [0.2, 0.25) is 0 Å². The molecule has 4 heteroatoms. The molecule has 0 atom stereocenters. The van der Waals surface area contributed by atoms with Crippen LogP contribution >= 0.6 is 10.1 Å². The summed E-state index contributed by atoms with van der Waals surface area (Å²) in [6, 6.07) is 8.06. The van der Waals surface area contributed by atoms with Gasteiger partial charge in [0, 0.05) is 0 Å². The Balaban J connectivity index is 2.62. The van der Waals surface area contributed by atoms with E-state index in [0.717, 1.165) is 15.1 Å². The molecule has 1 heterocycles. The minimum atomic E-state index is -1.16. The van der Waals surface area contributed by atoms with Gasteiger partial charge in [-0.25, -0.2) is 0 Å². The van der Waals surface area contributed by atoms with Crippen LogP contribution in [-0.4, -0.2) is 9.97 Å². The molecular formula is C8H9AuN2S. The molecule has 0 unspecified atom stereocenters. The van der Waals surface area contributed by atoms with Crippen molar-refractivity contribution in [3.05, 3.63) is 24.3 Å². The Morgan fingerprint density at radius 1 is 1.42 bits per heavy atom. The summed E-state index contributed by atoms with van der Waals surface area (Å²) in [4.78, 5) is 7.72. The summed E-state index contributed by atoms with van der Waals surface area (Å²) >= 11 is -1.16. The molecule has 12 heavy (non-hydrogen) atoms. The van der Waals surface area contributed by atoms with Crippen LogP contribution in [0.25, 0.3) is 11.0 Å². The van der Waals surface area contributed by atoms with E-state index in [4.69, 9.17) is 0 Å². The van der Waals surface area contributed by atoms with E-state index in [1.807, 2.05) is 24.3 Å². The van der Waals surface area contributed by atoms with Crippen LogP contribution in [0, 0.1) is 0 Å². The summed E-state index contributed by atoms with van der Waals surface area (Å²) in [6.45, 7) is 0. The van der Waals surface area contributed by atoms with E-state index < -0.39 is 17.1 Å². The fraction of sp³-hybridized carbons (Fsp3) is 0.125. The van der Waals surface area contributed by atoms with E-state index in [1.54, 1.807) is 0 Å². The zero-order valence-corrected chi connectivity index (χ0v) is 9.57. The zero-order chi connectivity index (χ0) is 8.55. The van der Waals surface area contributed by atoms with Gasteiger partial charge in [0.05, 0.1) is 0 Å². The number of benzene rings is 1. The van der Waals surface area contributed by atoms with Crippen molar-refractivity contribution in [1.29, 1.82) is 0 Å². The van der Waals surface area contributed by atoms with Gasteiger partial charge >= 0.3 is 81.7 Å². The van der Waals surface area contributed by atoms with Crippen molar-refractivity contribution >= 4 is 25.2 Å². The first kappa shape index (κ1) is 8.38. The van der Waals surface area contributed by atoms with Crippen LogP contribution in [-0.2, 0) is 17.1 Å². The second-order valence-electron chi connectivity index (χ2n) is 2.36. The molecule has 1 N–H and O–H groups in total. The van der Waals surface area contributed by atoms with Crippen molar-refractivity contribution in [3.8, 4) is 0 Å². The fourth-order valence-electron chi connectivity index (χ4n) is 1.01. The molecule has 0 saturated heterocycles. The van der Waals surface area contributed by atoms with Gasteiger partial charge in [-0.15, -0.1) is 0 Å². The second kappa shape index (κ2) is 3.26. The number of rotatable bonds is 1. The first-order valence-corrected chi connectivity index (χ1v) is 9.79. The third-order valence-corrected chi connectivity index (χ3v) is 4.59. The Morgan fingerprint density at radius 3 is 2.83 bits per heavy atom. The summed E-state index contributed by atoms with van der Waals surface area (Å²) in [5.41, 5.74) is 2.16. The van der Waals surface area contributed by atoms with Gasteiger partial charge in [0.15, 0.2) is 0 Å². The molecule has 0 amide bonds. The summed E-state index contributed by atoms with van der Waals surface area (Å²) in [6.07, 6.45) is 0. The average Bonchev–Trinajstić information content (AvgIpc) is 2.46. The maximum atomic E-state index is 4.45. The molecule has 0 aliphatic carbocycles. The van der Waals surface area contributed by atoms with Gasteiger partial charge in [0.25, 0.3) is 0 Å². The summed E-state index contributed by atoms with van der Waals surface area (Å²) in [7, 11) is 4.45. The van der Waals surface area contributed by atoms with Crippen LogP contribution in [0.3, 0.4) is 0 Å². The van der Waals surface area contributed by atoms with E-state index in [2.05, 4.69) is 25.2 Å². The third-order valence-electron chi connectivity index (χ3n) is 1.55. The van der Waals surface area contributed by atoms with Crippen LogP contribution in [0.4, 0.5) is 0 Å². The number of nitrogens with one attached hydrogen (secondary N) is 1. The van der Waals surface area contributed by atoms with Gasteiger partial charge < -0.3 is 0 Å². The molecule has 2 aromatic rings. The molecule has 2 rings (SSSR count). The Morgan fingerprint density at radius 2 is 2.17 bits per heavy atom. The van der Waals surface area contributed by atoms with E-state index in [9.17, 15) is 0 Å². The molecule has 0 fully saturated rings. The summed E-state index contributed by atoms with van der Waals surface area (Å²) in [5.74, 6) is 0.